The summed E-state index contributed by atoms with van der Waals surface area (Å²) >= 11 is 0. The van der Waals surface area contributed by atoms with Crippen molar-refractivity contribution in [3.05, 3.63) is 18.1 Å². The summed E-state index contributed by atoms with van der Waals surface area (Å²) in [5, 5.41) is 0. The van der Waals surface area contributed by atoms with Crippen LogP contribution in [0.2, 0.25) is 0 Å². The monoisotopic (exact) mass is 127 g/mol. The van der Waals surface area contributed by atoms with Crippen molar-refractivity contribution in [2.24, 2.45) is 0 Å². The molecule has 1 aromatic heterocycles. The first-order valence-electron chi connectivity index (χ1n) is 2.45. The Balaban J connectivity index is 3.01. The second-order valence-electron chi connectivity index (χ2n) is 1.57. The average molecular weight is 127 g/mol. The first-order valence-corrected chi connectivity index (χ1v) is 2.45. The Hall–Kier alpha value is -1.19. The van der Waals surface area contributed by atoms with E-state index in [1.807, 2.05) is 0 Å². The van der Waals surface area contributed by atoms with Gasteiger partial charge < -0.3 is 5.73 Å². The number of aromatic nitrogens is 2. The second kappa shape index (κ2) is 2.39. The van der Waals surface area contributed by atoms with Gasteiger partial charge in [-0.05, 0) is 0 Å². The van der Waals surface area contributed by atoms with Gasteiger partial charge in [0, 0.05) is 11.8 Å². The number of alkyl halides is 1. The molecule has 2 N–H and O–H groups in total. The van der Waals surface area contributed by atoms with Gasteiger partial charge in [-0.1, -0.05) is 0 Å². The van der Waals surface area contributed by atoms with E-state index in [1.54, 1.807) is 0 Å². The molecule has 9 heavy (non-hydrogen) atoms. The van der Waals surface area contributed by atoms with Crippen molar-refractivity contribution < 1.29 is 4.39 Å². The molecule has 0 saturated heterocycles. The smallest absolute Gasteiger partial charge is 0.132 e. The van der Waals surface area contributed by atoms with Crippen molar-refractivity contribution in [2.45, 2.75) is 6.67 Å². The minimum atomic E-state index is -0.604. The van der Waals surface area contributed by atoms with Gasteiger partial charge in [0.1, 0.15) is 18.8 Å². The maximum absolute atomic E-state index is 11.8. The first kappa shape index (κ1) is 5.94. The molecule has 0 fully saturated rings. The van der Waals surface area contributed by atoms with Crippen molar-refractivity contribution in [1.82, 2.24) is 9.97 Å². The van der Waals surface area contributed by atoms with Crippen molar-refractivity contribution in [2.75, 3.05) is 5.73 Å². The van der Waals surface area contributed by atoms with Crippen LogP contribution in [-0.2, 0) is 6.67 Å². The van der Waals surface area contributed by atoms with Gasteiger partial charge in [0.15, 0.2) is 0 Å². The Morgan fingerprint density at radius 3 is 2.89 bits per heavy atom. The van der Waals surface area contributed by atoms with Crippen LogP contribution < -0.4 is 5.73 Å². The standard InChI is InChI=1S/C5H6FN3/c6-1-4-2-8-3-9-5(4)7/h2-3H,1H2,(H2,7,8,9). The molecule has 1 heterocycles. The van der Waals surface area contributed by atoms with Gasteiger partial charge in [0.2, 0.25) is 0 Å². The van der Waals surface area contributed by atoms with Gasteiger partial charge in [-0.3, -0.25) is 0 Å². The van der Waals surface area contributed by atoms with E-state index in [1.165, 1.54) is 12.5 Å². The Morgan fingerprint density at radius 2 is 2.44 bits per heavy atom. The lowest BCUT2D eigenvalue weighted by atomic mass is 10.3. The second-order valence-corrected chi connectivity index (χ2v) is 1.57. The lowest BCUT2D eigenvalue weighted by molar-refractivity contribution is 0.484. The van der Waals surface area contributed by atoms with Crippen LogP contribution in [0.1, 0.15) is 5.56 Å². The molecular weight excluding hydrogens is 121 g/mol. The SMILES string of the molecule is Nc1ncncc1CF. The van der Waals surface area contributed by atoms with E-state index < -0.39 is 6.67 Å². The Morgan fingerprint density at radius 1 is 1.67 bits per heavy atom. The van der Waals surface area contributed by atoms with Crippen LogP contribution >= 0.6 is 0 Å². The molecule has 0 aromatic carbocycles. The molecule has 0 aliphatic carbocycles. The Labute approximate surface area is 51.7 Å². The molecule has 0 radical (unpaired) electrons. The van der Waals surface area contributed by atoms with E-state index >= 15 is 0 Å². The number of hydrogen-bond donors (Lipinski definition) is 1. The molecule has 0 bridgehead atoms. The molecule has 0 spiro atoms. The van der Waals surface area contributed by atoms with E-state index in [-0.39, 0.29) is 5.82 Å². The number of rotatable bonds is 1. The summed E-state index contributed by atoms with van der Waals surface area (Å²) in [6.07, 6.45) is 2.65. The highest BCUT2D eigenvalue weighted by molar-refractivity contribution is 5.35. The first-order chi connectivity index (χ1) is 4.34. The van der Waals surface area contributed by atoms with Crippen molar-refractivity contribution in [3.63, 3.8) is 0 Å². The molecule has 3 nitrogen and oxygen atoms in total. The van der Waals surface area contributed by atoms with Crippen LogP contribution in [0.15, 0.2) is 12.5 Å². The summed E-state index contributed by atoms with van der Waals surface area (Å²) in [6.45, 7) is -0.604. The highest BCUT2D eigenvalue weighted by Crippen LogP contribution is 2.04. The molecule has 0 atom stereocenters. The van der Waals surface area contributed by atoms with E-state index in [0.29, 0.717) is 5.56 Å². The Bertz CT molecular complexity index is 201. The maximum atomic E-state index is 11.8. The van der Waals surface area contributed by atoms with Crippen molar-refractivity contribution in [3.8, 4) is 0 Å². The Kier molecular flexibility index (Phi) is 1.58. The molecule has 0 amide bonds. The van der Waals surface area contributed by atoms with Gasteiger partial charge in [-0.2, -0.15) is 0 Å². The third kappa shape index (κ3) is 1.13. The number of nitrogens with zero attached hydrogens (tertiary/aromatic N) is 2. The number of hydrogen-bond acceptors (Lipinski definition) is 3. The number of halogens is 1. The summed E-state index contributed by atoms with van der Waals surface area (Å²) in [5.74, 6) is 0.215. The molecule has 48 valence electrons. The largest absolute Gasteiger partial charge is 0.383 e. The quantitative estimate of drug-likeness (QED) is 0.598. The molecule has 0 unspecified atom stereocenters. The fraction of sp³-hybridized carbons (Fsp3) is 0.200. The van der Waals surface area contributed by atoms with Gasteiger partial charge in [0.25, 0.3) is 0 Å². The summed E-state index contributed by atoms with van der Waals surface area (Å²) in [7, 11) is 0. The third-order valence-corrected chi connectivity index (χ3v) is 0.967. The zero-order valence-electron chi connectivity index (χ0n) is 4.71. The van der Waals surface area contributed by atoms with E-state index in [9.17, 15) is 4.39 Å². The van der Waals surface area contributed by atoms with Gasteiger partial charge >= 0.3 is 0 Å². The van der Waals surface area contributed by atoms with E-state index in [2.05, 4.69) is 9.97 Å². The van der Waals surface area contributed by atoms with Crippen LogP contribution in [0.4, 0.5) is 10.2 Å². The molecule has 0 saturated carbocycles. The van der Waals surface area contributed by atoms with E-state index in [4.69, 9.17) is 5.73 Å². The van der Waals surface area contributed by atoms with Crippen molar-refractivity contribution in [1.29, 1.82) is 0 Å². The summed E-state index contributed by atoms with van der Waals surface area (Å²) in [5.41, 5.74) is 5.58. The van der Waals surface area contributed by atoms with Gasteiger partial charge in [-0.15, -0.1) is 0 Å². The lowest BCUT2D eigenvalue weighted by Crippen LogP contribution is -1.95. The minimum Gasteiger partial charge on any atom is -0.383 e. The predicted molar refractivity (Wildman–Crippen MR) is 31.3 cm³/mol. The lowest BCUT2D eigenvalue weighted by Gasteiger charge is -1.94. The zero-order chi connectivity index (χ0) is 6.69. The van der Waals surface area contributed by atoms with Crippen molar-refractivity contribution >= 4 is 5.82 Å². The van der Waals surface area contributed by atoms with Gasteiger partial charge in [0.05, 0.1) is 0 Å². The van der Waals surface area contributed by atoms with Crippen LogP contribution in [-0.4, -0.2) is 9.97 Å². The minimum absolute atomic E-state index is 0.215. The summed E-state index contributed by atoms with van der Waals surface area (Å²) in [6, 6.07) is 0. The fourth-order valence-electron chi connectivity index (χ4n) is 0.471. The zero-order valence-corrected chi connectivity index (χ0v) is 4.71. The number of nitrogens with two attached hydrogens (primary N) is 1. The van der Waals surface area contributed by atoms with Gasteiger partial charge in [-0.25, -0.2) is 14.4 Å². The van der Waals surface area contributed by atoms with Crippen LogP contribution in [0.3, 0.4) is 0 Å². The number of anilines is 1. The maximum Gasteiger partial charge on any atom is 0.132 e. The van der Waals surface area contributed by atoms with E-state index in [0.717, 1.165) is 0 Å². The van der Waals surface area contributed by atoms with Crippen LogP contribution in [0, 0.1) is 0 Å². The van der Waals surface area contributed by atoms with Crippen LogP contribution in [0.25, 0.3) is 0 Å². The average Bonchev–Trinajstić information content (AvgIpc) is 1.89. The predicted octanol–water partition coefficient (Wildman–Crippen LogP) is 0.528. The highest BCUT2D eigenvalue weighted by atomic mass is 19.1. The molecule has 1 aromatic rings. The number of nitrogen functional groups attached to an aromatic ring is 1. The fourth-order valence-corrected chi connectivity index (χ4v) is 0.471. The molecule has 1 rings (SSSR count). The third-order valence-electron chi connectivity index (χ3n) is 0.967. The molecule has 4 heteroatoms. The summed E-state index contributed by atoms with van der Waals surface area (Å²) < 4.78 is 11.8. The molecular formula is C5H6FN3. The summed E-state index contributed by atoms with van der Waals surface area (Å²) in [4.78, 5) is 7.16. The molecule has 0 aliphatic heterocycles. The highest BCUT2D eigenvalue weighted by Gasteiger charge is 1.95. The normalized spacial score (nSPS) is 9.44. The van der Waals surface area contributed by atoms with Crippen LogP contribution in [0.5, 0.6) is 0 Å². The molecule has 0 aliphatic rings. The topological polar surface area (TPSA) is 51.8 Å².